The molecule has 0 saturated carbocycles. The summed E-state index contributed by atoms with van der Waals surface area (Å²) in [6.07, 6.45) is 0. The minimum Gasteiger partial charge on any atom is -0.484 e. The SMILES string of the molecule is COC[C@@H](C)NC(=O)COc1cc(C)cc(C)c1. The zero-order valence-corrected chi connectivity index (χ0v) is 11.4. The van der Waals surface area contributed by atoms with Crippen molar-refractivity contribution in [2.75, 3.05) is 20.3 Å². The molecule has 0 aromatic heterocycles. The molecule has 0 unspecified atom stereocenters. The fourth-order valence-corrected chi connectivity index (χ4v) is 1.77. The Morgan fingerprint density at radius 1 is 1.28 bits per heavy atom. The molecule has 18 heavy (non-hydrogen) atoms. The number of benzene rings is 1. The van der Waals surface area contributed by atoms with Crippen LogP contribution in [0.1, 0.15) is 18.1 Å². The zero-order chi connectivity index (χ0) is 13.5. The summed E-state index contributed by atoms with van der Waals surface area (Å²) in [5.41, 5.74) is 2.25. The Kier molecular flexibility index (Phi) is 5.65. The third-order valence-corrected chi connectivity index (χ3v) is 2.39. The Morgan fingerprint density at radius 3 is 2.44 bits per heavy atom. The van der Waals surface area contributed by atoms with E-state index in [1.54, 1.807) is 7.11 Å². The van der Waals surface area contributed by atoms with E-state index in [0.29, 0.717) is 6.61 Å². The maximum atomic E-state index is 11.6. The van der Waals surface area contributed by atoms with Crippen molar-refractivity contribution in [3.63, 3.8) is 0 Å². The van der Waals surface area contributed by atoms with Gasteiger partial charge in [-0.15, -0.1) is 0 Å². The van der Waals surface area contributed by atoms with Gasteiger partial charge in [-0.1, -0.05) is 6.07 Å². The topological polar surface area (TPSA) is 47.6 Å². The van der Waals surface area contributed by atoms with Gasteiger partial charge in [-0.2, -0.15) is 0 Å². The number of carbonyl (C=O) groups excluding carboxylic acids is 1. The van der Waals surface area contributed by atoms with E-state index in [0.717, 1.165) is 16.9 Å². The third-order valence-electron chi connectivity index (χ3n) is 2.39. The lowest BCUT2D eigenvalue weighted by Crippen LogP contribution is -2.38. The van der Waals surface area contributed by atoms with Crippen LogP contribution in [0.5, 0.6) is 5.75 Å². The van der Waals surface area contributed by atoms with Crippen LogP contribution < -0.4 is 10.1 Å². The molecule has 1 aromatic rings. The molecule has 0 saturated heterocycles. The summed E-state index contributed by atoms with van der Waals surface area (Å²) < 4.78 is 10.4. The highest BCUT2D eigenvalue weighted by Crippen LogP contribution is 2.15. The summed E-state index contributed by atoms with van der Waals surface area (Å²) in [6, 6.07) is 5.89. The molecule has 0 fully saturated rings. The molecule has 0 heterocycles. The first-order valence-corrected chi connectivity index (χ1v) is 6.00. The van der Waals surface area contributed by atoms with Crippen LogP contribution in [0.15, 0.2) is 18.2 Å². The predicted molar refractivity (Wildman–Crippen MR) is 70.9 cm³/mol. The number of methoxy groups -OCH3 is 1. The highest BCUT2D eigenvalue weighted by molar-refractivity contribution is 5.77. The van der Waals surface area contributed by atoms with E-state index in [-0.39, 0.29) is 18.6 Å². The van der Waals surface area contributed by atoms with E-state index in [2.05, 4.69) is 11.4 Å². The predicted octanol–water partition coefficient (Wildman–Crippen LogP) is 1.83. The first kappa shape index (κ1) is 14.5. The molecule has 0 spiro atoms. The molecule has 0 aliphatic heterocycles. The van der Waals surface area contributed by atoms with E-state index in [1.165, 1.54) is 0 Å². The van der Waals surface area contributed by atoms with Crippen molar-refractivity contribution < 1.29 is 14.3 Å². The minimum atomic E-state index is -0.140. The molecule has 1 aromatic carbocycles. The van der Waals surface area contributed by atoms with Gasteiger partial charge in [0.2, 0.25) is 0 Å². The number of hydrogen-bond donors (Lipinski definition) is 1. The normalized spacial score (nSPS) is 12.0. The van der Waals surface area contributed by atoms with Crippen molar-refractivity contribution in [1.82, 2.24) is 5.32 Å². The average molecular weight is 251 g/mol. The Balaban J connectivity index is 2.42. The second-order valence-corrected chi connectivity index (χ2v) is 4.54. The molecule has 0 aliphatic carbocycles. The monoisotopic (exact) mass is 251 g/mol. The van der Waals surface area contributed by atoms with Gasteiger partial charge in [0.15, 0.2) is 6.61 Å². The standard InChI is InChI=1S/C14H21NO3/c1-10-5-11(2)7-13(6-10)18-9-14(16)15-12(3)8-17-4/h5-7,12H,8-9H2,1-4H3,(H,15,16)/t12-/m1/s1. The summed E-state index contributed by atoms with van der Waals surface area (Å²) in [4.78, 5) is 11.6. The summed E-state index contributed by atoms with van der Waals surface area (Å²) in [7, 11) is 1.61. The number of ether oxygens (including phenoxy) is 2. The first-order chi connectivity index (χ1) is 8.51. The van der Waals surface area contributed by atoms with E-state index in [1.807, 2.05) is 32.9 Å². The smallest absolute Gasteiger partial charge is 0.258 e. The Hall–Kier alpha value is -1.55. The number of nitrogens with one attached hydrogen (secondary N) is 1. The molecule has 100 valence electrons. The highest BCUT2D eigenvalue weighted by Gasteiger charge is 2.07. The van der Waals surface area contributed by atoms with Crippen molar-refractivity contribution in [3.8, 4) is 5.75 Å². The van der Waals surface area contributed by atoms with Crippen LogP contribution in [0.2, 0.25) is 0 Å². The fraction of sp³-hybridized carbons (Fsp3) is 0.500. The van der Waals surface area contributed by atoms with Gasteiger partial charge in [0.1, 0.15) is 5.75 Å². The molecule has 1 rings (SSSR count). The number of aryl methyl sites for hydroxylation is 2. The molecular weight excluding hydrogens is 230 g/mol. The van der Waals surface area contributed by atoms with Gasteiger partial charge in [-0.3, -0.25) is 4.79 Å². The molecule has 4 heteroatoms. The van der Waals surface area contributed by atoms with Crippen LogP contribution >= 0.6 is 0 Å². The molecule has 1 amide bonds. The van der Waals surface area contributed by atoms with Gasteiger partial charge in [-0.05, 0) is 44.0 Å². The van der Waals surface area contributed by atoms with Crippen molar-refractivity contribution in [2.24, 2.45) is 0 Å². The van der Waals surface area contributed by atoms with E-state index in [9.17, 15) is 4.79 Å². The molecule has 1 atom stereocenters. The second kappa shape index (κ2) is 7.01. The van der Waals surface area contributed by atoms with Crippen molar-refractivity contribution >= 4 is 5.91 Å². The second-order valence-electron chi connectivity index (χ2n) is 4.54. The van der Waals surface area contributed by atoms with Crippen LogP contribution in [-0.2, 0) is 9.53 Å². The largest absolute Gasteiger partial charge is 0.484 e. The molecule has 4 nitrogen and oxygen atoms in total. The van der Waals surface area contributed by atoms with Crippen LogP contribution in [0, 0.1) is 13.8 Å². The number of rotatable bonds is 6. The van der Waals surface area contributed by atoms with Gasteiger partial charge in [0, 0.05) is 13.2 Å². The number of amides is 1. The summed E-state index contributed by atoms with van der Waals surface area (Å²) >= 11 is 0. The van der Waals surface area contributed by atoms with Crippen LogP contribution in [0.3, 0.4) is 0 Å². The van der Waals surface area contributed by atoms with Crippen LogP contribution in [-0.4, -0.2) is 32.3 Å². The fourth-order valence-electron chi connectivity index (χ4n) is 1.77. The average Bonchev–Trinajstić information content (AvgIpc) is 2.25. The molecule has 1 N–H and O–H groups in total. The van der Waals surface area contributed by atoms with E-state index in [4.69, 9.17) is 9.47 Å². The lowest BCUT2D eigenvalue weighted by Gasteiger charge is -2.13. The number of hydrogen-bond acceptors (Lipinski definition) is 3. The van der Waals surface area contributed by atoms with Gasteiger partial charge >= 0.3 is 0 Å². The van der Waals surface area contributed by atoms with E-state index < -0.39 is 0 Å². The highest BCUT2D eigenvalue weighted by atomic mass is 16.5. The summed E-state index contributed by atoms with van der Waals surface area (Å²) in [5, 5.41) is 2.79. The van der Waals surface area contributed by atoms with Crippen molar-refractivity contribution in [3.05, 3.63) is 29.3 Å². The Bertz CT molecular complexity index is 384. The maximum Gasteiger partial charge on any atom is 0.258 e. The first-order valence-electron chi connectivity index (χ1n) is 6.00. The molecule has 0 bridgehead atoms. The van der Waals surface area contributed by atoms with E-state index >= 15 is 0 Å². The van der Waals surface area contributed by atoms with Gasteiger partial charge in [0.25, 0.3) is 5.91 Å². The third kappa shape index (κ3) is 5.19. The minimum absolute atomic E-state index is 0.00894. The quantitative estimate of drug-likeness (QED) is 0.839. The van der Waals surface area contributed by atoms with Gasteiger partial charge in [-0.25, -0.2) is 0 Å². The lowest BCUT2D eigenvalue weighted by atomic mass is 10.1. The molecule has 0 aliphatic rings. The van der Waals surface area contributed by atoms with Crippen LogP contribution in [0.4, 0.5) is 0 Å². The molecule has 0 radical (unpaired) electrons. The van der Waals surface area contributed by atoms with Crippen LogP contribution in [0.25, 0.3) is 0 Å². The van der Waals surface area contributed by atoms with Crippen molar-refractivity contribution in [2.45, 2.75) is 26.8 Å². The summed E-state index contributed by atoms with van der Waals surface area (Å²) in [5.74, 6) is 0.584. The zero-order valence-electron chi connectivity index (χ0n) is 11.4. The Labute approximate surface area is 108 Å². The number of carbonyl (C=O) groups is 1. The van der Waals surface area contributed by atoms with Gasteiger partial charge in [0.05, 0.1) is 6.61 Å². The lowest BCUT2D eigenvalue weighted by molar-refractivity contribution is -0.124. The van der Waals surface area contributed by atoms with Crippen molar-refractivity contribution in [1.29, 1.82) is 0 Å². The maximum absolute atomic E-state index is 11.6. The Morgan fingerprint density at radius 2 is 1.89 bits per heavy atom. The molecular formula is C14H21NO3. The van der Waals surface area contributed by atoms with Gasteiger partial charge < -0.3 is 14.8 Å². The summed E-state index contributed by atoms with van der Waals surface area (Å²) in [6.45, 7) is 6.41.